The lowest BCUT2D eigenvalue weighted by Crippen LogP contribution is -2.52. The van der Waals surface area contributed by atoms with Crippen LogP contribution < -0.4 is 5.56 Å². The first kappa shape index (κ1) is 15.3. The van der Waals surface area contributed by atoms with Crippen molar-refractivity contribution in [3.63, 3.8) is 0 Å². The SMILES string of the molecule is O=C(c1n[nH]c2ccccc12)N1CC(Cn2nc(C3CC3)ccc2=O)C1. The van der Waals surface area contributed by atoms with Crippen LogP contribution in [0.25, 0.3) is 10.9 Å². The Balaban J connectivity index is 1.27. The van der Waals surface area contributed by atoms with Crippen LogP contribution in [0.3, 0.4) is 0 Å². The lowest BCUT2D eigenvalue weighted by molar-refractivity contribution is 0.0454. The van der Waals surface area contributed by atoms with E-state index >= 15 is 0 Å². The maximum Gasteiger partial charge on any atom is 0.275 e. The summed E-state index contributed by atoms with van der Waals surface area (Å²) in [5.74, 6) is 0.712. The van der Waals surface area contributed by atoms with Gasteiger partial charge in [0.05, 0.1) is 17.8 Å². The van der Waals surface area contributed by atoms with Crippen LogP contribution in [0.1, 0.15) is 34.9 Å². The number of para-hydroxylation sites is 1. The predicted molar refractivity (Wildman–Crippen MR) is 96.0 cm³/mol. The highest BCUT2D eigenvalue weighted by molar-refractivity contribution is 6.04. The number of H-pyrrole nitrogens is 1. The minimum absolute atomic E-state index is 0.0641. The molecule has 3 heterocycles. The lowest BCUT2D eigenvalue weighted by atomic mass is 9.99. The Bertz CT molecular complexity index is 1040. The highest BCUT2D eigenvalue weighted by Crippen LogP contribution is 2.38. The molecule has 1 aliphatic heterocycles. The van der Waals surface area contributed by atoms with Crippen LogP contribution in [-0.2, 0) is 6.54 Å². The van der Waals surface area contributed by atoms with Crippen LogP contribution in [0.4, 0.5) is 0 Å². The minimum Gasteiger partial charge on any atom is -0.336 e. The van der Waals surface area contributed by atoms with E-state index in [9.17, 15) is 9.59 Å². The molecular weight excluding hydrogens is 330 g/mol. The molecule has 2 aliphatic rings. The second kappa shape index (κ2) is 5.79. The van der Waals surface area contributed by atoms with Gasteiger partial charge in [-0.15, -0.1) is 0 Å². The highest BCUT2D eigenvalue weighted by atomic mass is 16.2. The Kier molecular flexibility index (Phi) is 3.41. The molecule has 7 nitrogen and oxygen atoms in total. The Morgan fingerprint density at radius 2 is 1.96 bits per heavy atom. The van der Waals surface area contributed by atoms with E-state index in [0.29, 0.717) is 31.2 Å². The fourth-order valence-electron chi connectivity index (χ4n) is 3.56. The summed E-state index contributed by atoms with van der Waals surface area (Å²) < 4.78 is 1.56. The zero-order chi connectivity index (χ0) is 17.7. The molecule has 0 unspecified atom stereocenters. The Hall–Kier alpha value is -2.96. The van der Waals surface area contributed by atoms with Gasteiger partial charge in [0.25, 0.3) is 11.5 Å². The van der Waals surface area contributed by atoms with Crippen LogP contribution in [-0.4, -0.2) is 43.9 Å². The van der Waals surface area contributed by atoms with Gasteiger partial charge in [-0.3, -0.25) is 14.7 Å². The molecule has 0 spiro atoms. The van der Waals surface area contributed by atoms with E-state index in [0.717, 1.165) is 29.4 Å². The van der Waals surface area contributed by atoms with Crippen LogP contribution in [0, 0.1) is 5.92 Å². The molecule has 1 aromatic carbocycles. The maximum absolute atomic E-state index is 12.7. The molecule has 0 atom stereocenters. The summed E-state index contributed by atoms with van der Waals surface area (Å²) in [6, 6.07) is 11.1. The van der Waals surface area contributed by atoms with E-state index in [1.807, 2.05) is 30.3 Å². The van der Waals surface area contributed by atoms with E-state index in [1.165, 1.54) is 0 Å². The summed E-state index contributed by atoms with van der Waals surface area (Å²) in [6.45, 7) is 1.81. The first-order valence-corrected chi connectivity index (χ1v) is 8.99. The van der Waals surface area contributed by atoms with Crippen molar-refractivity contribution in [3.8, 4) is 0 Å². The van der Waals surface area contributed by atoms with Crippen LogP contribution in [0.2, 0.25) is 0 Å². The Morgan fingerprint density at radius 3 is 2.77 bits per heavy atom. The number of benzene rings is 1. The number of carbonyl (C=O) groups is 1. The molecule has 5 rings (SSSR count). The smallest absolute Gasteiger partial charge is 0.275 e. The van der Waals surface area contributed by atoms with Gasteiger partial charge in [0.2, 0.25) is 0 Å². The standard InChI is InChI=1S/C19H19N5O2/c25-17-8-7-15(13-5-6-13)22-24(17)11-12-9-23(10-12)19(26)18-14-3-1-2-4-16(14)20-21-18/h1-4,7-8,12-13H,5-6,9-11H2,(H,20,21). The van der Waals surface area contributed by atoms with E-state index in [2.05, 4.69) is 15.3 Å². The van der Waals surface area contributed by atoms with Crippen molar-refractivity contribution in [2.75, 3.05) is 13.1 Å². The topological polar surface area (TPSA) is 83.9 Å². The van der Waals surface area contributed by atoms with E-state index in [4.69, 9.17) is 0 Å². The van der Waals surface area contributed by atoms with Crippen molar-refractivity contribution < 1.29 is 4.79 Å². The zero-order valence-corrected chi connectivity index (χ0v) is 14.3. The van der Waals surface area contributed by atoms with Gasteiger partial charge in [-0.2, -0.15) is 10.2 Å². The fraction of sp³-hybridized carbons (Fsp3) is 0.368. The Labute approximate surface area is 149 Å². The summed E-state index contributed by atoms with van der Waals surface area (Å²) in [5, 5.41) is 12.4. The van der Waals surface area contributed by atoms with Gasteiger partial charge in [-0.05, 0) is 25.0 Å². The van der Waals surface area contributed by atoms with Gasteiger partial charge >= 0.3 is 0 Å². The highest BCUT2D eigenvalue weighted by Gasteiger charge is 2.34. The predicted octanol–water partition coefficient (Wildman–Crippen LogP) is 1.77. The first-order chi connectivity index (χ1) is 12.7. The molecule has 1 amide bonds. The van der Waals surface area contributed by atoms with Gasteiger partial charge in [-0.1, -0.05) is 18.2 Å². The van der Waals surface area contributed by atoms with Crippen molar-refractivity contribution in [1.29, 1.82) is 0 Å². The number of nitrogens with zero attached hydrogens (tertiary/aromatic N) is 4. The fourth-order valence-corrected chi connectivity index (χ4v) is 3.56. The molecule has 1 saturated heterocycles. The van der Waals surface area contributed by atoms with Crippen LogP contribution in [0.5, 0.6) is 0 Å². The number of hydrogen-bond acceptors (Lipinski definition) is 4. The number of amides is 1. The van der Waals surface area contributed by atoms with Crippen molar-refractivity contribution in [2.45, 2.75) is 25.3 Å². The summed E-state index contributed by atoms with van der Waals surface area (Å²) in [6.07, 6.45) is 2.32. The quantitative estimate of drug-likeness (QED) is 0.778. The number of nitrogens with one attached hydrogen (secondary N) is 1. The van der Waals surface area contributed by atoms with E-state index in [-0.39, 0.29) is 17.4 Å². The Morgan fingerprint density at radius 1 is 1.15 bits per heavy atom. The zero-order valence-electron chi connectivity index (χ0n) is 14.3. The number of aromatic nitrogens is 4. The normalized spacial score (nSPS) is 17.5. The van der Waals surface area contributed by atoms with Crippen molar-refractivity contribution >= 4 is 16.8 Å². The van der Waals surface area contributed by atoms with Crippen LogP contribution >= 0.6 is 0 Å². The third-order valence-electron chi connectivity index (χ3n) is 5.23. The minimum atomic E-state index is -0.0718. The van der Waals surface area contributed by atoms with Crippen molar-refractivity contribution in [3.05, 3.63) is 58.1 Å². The summed E-state index contributed by atoms with van der Waals surface area (Å²) >= 11 is 0. The number of carbonyl (C=O) groups excluding carboxylic acids is 1. The summed E-state index contributed by atoms with van der Waals surface area (Å²) in [5.41, 5.74) is 2.27. The second-order valence-corrected chi connectivity index (χ2v) is 7.25. The molecule has 1 N–H and O–H groups in total. The molecule has 2 fully saturated rings. The monoisotopic (exact) mass is 349 g/mol. The summed E-state index contributed by atoms with van der Waals surface area (Å²) in [4.78, 5) is 26.5. The molecule has 3 aromatic rings. The average Bonchev–Trinajstić information content (AvgIpc) is 3.37. The molecule has 0 radical (unpaired) electrons. The molecule has 132 valence electrons. The third kappa shape index (κ3) is 2.60. The summed E-state index contributed by atoms with van der Waals surface area (Å²) in [7, 11) is 0. The van der Waals surface area contributed by atoms with Crippen LogP contribution in [0.15, 0.2) is 41.2 Å². The van der Waals surface area contributed by atoms with Crippen molar-refractivity contribution in [2.24, 2.45) is 5.92 Å². The lowest BCUT2D eigenvalue weighted by Gasteiger charge is -2.38. The number of aromatic amines is 1. The maximum atomic E-state index is 12.7. The molecule has 2 aromatic heterocycles. The molecule has 7 heteroatoms. The third-order valence-corrected chi connectivity index (χ3v) is 5.23. The van der Waals surface area contributed by atoms with Gasteiger partial charge in [-0.25, -0.2) is 4.68 Å². The molecule has 26 heavy (non-hydrogen) atoms. The molecular formula is C19H19N5O2. The number of rotatable bonds is 4. The van der Waals surface area contributed by atoms with Gasteiger partial charge in [0.1, 0.15) is 0 Å². The number of likely N-dealkylation sites (tertiary alicyclic amines) is 1. The number of fused-ring (bicyclic) bond motifs is 1. The van der Waals surface area contributed by atoms with Gasteiger partial charge in [0.15, 0.2) is 5.69 Å². The molecule has 1 aliphatic carbocycles. The van der Waals surface area contributed by atoms with Gasteiger partial charge < -0.3 is 4.90 Å². The van der Waals surface area contributed by atoms with Gasteiger partial charge in [0, 0.05) is 36.4 Å². The first-order valence-electron chi connectivity index (χ1n) is 8.99. The molecule has 1 saturated carbocycles. The second-order valence-electron chi connectivity index (χ2n) is 7.25. The van der Waals surface area contributed by atoms with Crippen molar-refractivity contribution in [1.82, 2.24) is 24.9 Å². The average molecular weight is 349 g/mol. The van der Waals surface area contributed by atoms with E-state index < -0.39 is 0 Å². The number of hydrogen-bond donors (Lipinski definition) is 1. The molecule has 0 bridgehead atoms. The van der Waals surface area contributed by atoms with E-state index in [1.54, 1.807) is 15.6 Å². The largest absolute Gasteiger partial charge is 0.336 e.